The molecule has 1 N–H and O–H groups in total. The molecule has 2 aromatic rings. The van der Waals surface area contributed by atoms with Gasteiger partial charge in [-0.2, -0.15) is 10.4 Å². The first-order valence-electron chi connectivity index (χ1n) is 5.50. The normalized spacial score (nSPS) is 9.63. The van der Waals surface area contributed by atoms with E-state index in [1.54, 1.807) is 24.3 Å². The fourth-order valence-electron chi connectivity index (χ4n) is 1.46. The molecular weight excluding hydrogens is 246 g/mol. The van der Waals surface area contributed by atoms with E-state index < -0.39 is 0 Å². The van der Waals surface area contributed by atoms with Crippen LogP contribution in [0.2, 0.25) is 0 Å². The second-order valence-corrected chi connectivity index (χ2v) is 3.58. The Labute approximate surface area is 109 Å². The van der Waals surface area contributed by atoms with Crippen LogP contribution in [0.1, 0.15) is 0 Å². The fraction of sp³-hybridized carbons (Fsp3) is 0.167. The molecule has 0 aliphatic carbocycles. The zero-order chi connectivity index (χ0) is 13.5. The van der Waals surface area contributed by atoms with Gasteiger partial charge in [-0.05, 0) is 12.1 Å². The van der Waals surface area contributed by atoms with E-state index in [9.17, 15) is 4.79 Å². The molecule has 1 heterocycles. The van der Waals surface area contributed by atoms with E-state index in [4.69, 9.17) is 10.00 Å². The first kappa shape index (κ1) is 12.6. The second kappa shape index (κ2) is 6.16. The molecule has 2 rings (SSSR count). The molecule has 0 saturated carbocycles. The molecule has 0 radical (unpaired) electrons. The second-order valence-electron chi connectivity index (χ2n) is 3.58. The molecule has 7 nitrogen and oxygen atoms in total. The van der Waals surface area contributed by atoms with Crippen molar-refractivity contribution in [3.8, 4) is 11.8 Å². The van der Waals surface area contributed by atoms with Crippen molar-refractivity contribution in [3.63, 3.8) is 0 Å². The van der Waals surface area contributed by atoms with Gasteiger partial charge < -0.3 is 10.1 Å². The highest BCUT2D eigenvalue weighted by molar-refractivity contribution is 5.92. The van der Waals surface area contributed by atoms with E-state index in [-0.39, 0.29) is 19.1 Å². The number of hydrogen-bond acceptors (Lipinski definition) is 5. The third-order valence-electron chi connectivity index (χ3n) is 2.23. The van der Waals surface area contributed by atoms with Crippen LogP contribution in [-0.2, 0) is 11.3 Å². The predicted octanol–water partition coefficient (Wildman–Crippen LogP) is 0.819. The van der Waals surface area contributed by atoms with Gasteiger partial charge in [-0.25, -0.2) is 9.67 Å². The Morgan fingerprint density at radius 3 is 3.05 bits per heavy atom. The minimum atomic E-state index is -0.251. The Morgan fingerprint density at radius 2 is 2.32 bits per heavy atom. The number of ether oxygens (including phenoxy) is 1. The molecule has 19 heavy (non-hydrogen) atoms. The van der Waals surface area contributed by atoms with Crippen LogP contribution in [-0.4, -0.2) is 27.3 Å². The molecule has 0 unspecified atom stereocenters. The SMILES string of the molecule is N#CCOc1ccccc1NC(=O)Cn1cncn1. The first-order valence-corrected chi connectivity index (χ1v) is 5.50. The minimum Gasteiger partial charge on any atom is -0.477 e. The number of benzene rings is 1. The summed E-state index contributed by atoms with van der Waals surface area (Å²) in [6.45, 7) is -0.0114. The van der Waals surface area contributed by atoms with Crippen molar-refractivity contribution in [2.75, 3.05) is 11.9 Å². The molecule has 0 bridgehead atoms. The Kier molecular flexibility index (Phi) is 4.08. The zero-order valence-corrected chi connectivity index (χ0v) is 9.98. The van der Waals surface area contributed by atoms with E-state index in [2.05, 4.69) is 15.4 Å². The standard InChI is InChI=1S/C12H11N5O2/c13-5-6-19-11-4-2-1-3-10(11)16-12(18)7-17-9-14-8-15-17/h1-4,8-9H,6-7H2,(H,16,18). The van der Waals surface area contributed by atoms with Gasteiger partial charge in [0.15, 0.2) is 6.61 Å². The Hall–Kier alpha value is -2.88. The van der Waals surface area contributed by atoms with Gasteiger partial charge in [-0.1, -0.05) is 12.1 Å². The van der Waals surface area contributed by atoms with E-state index in [1.165, 1.54) is 17.3 Å². The number of rotatable bonds is 5. The van der Waals surface area contributed by atoms with Crippen molar-refractivity contribution in [3.05, 3.63) is 36.9 Å². The third kappa shape index (κ3) is 3.54. The number of para-hydroxylation sites is 2. The molecule has 0 aliphatic heterocycles. The van der Waals surface area contributed by atoms with E-state index in [0.717, 1.165) is 0 Å². The summed E-state index contributed by atoms with van der Waals surface area (Å²) in [5.74, 6) is 0.203. The van der Waals surface area contributed by atoms with Crippen molar-refractivity contribution in [2.45, 2.75) is 6.54 Å². The molecule has 7 heteroatoms. The Bertz CT molecular complexity index is 588. The smallest absolute Gasteiger partial charge is 0.246 e. The van der Waals surface area contributed by atoms with Crippen molar-refractivity contribution >= 4 is 11.6 Å². The van der Waals surface area contributed by atoms with Crippen LogP contribution in [0.3, 0.4) is 0 Å². The molecule has 0 fully saturated rings. The highest BCUT2D eigenvalue weighted by atomic mass is 16.5. The van der Waals surface area contributed by atoms with Crippen molar-refractivity contribution < 1.29 is 9.53 Å². The number of amides is 1. The molecule has 0 spiro atoms. The monoisotopic (exact) mass is 257 g/mol. The van der Waals surface area contributed by atoms with Gasteiger partial charge in [-0.15, -0.1) is 0 Å². The highest BCUT2D eigenvalue weighted by Gasteiger charge is 2.08. The lowest BCUT2D eigenvalue weighted by atomic mass is 10.3. The van der Waals surface area contributed by atoms with Crippen LogP contribution < -0.4 is 10.1 Å². The quantitative estimate of drug-likeness (QED) is 0.855. The summed E-state index contributed by atoms with van der Waals surface area (Å²) in [7, 11) is 0. The summed E-state index contributed by atoms with van der Waals surface area (Å²) in [5, 5.41) is 15.0. The number of carbonyl (C=O) groups is 1. The van der Waals surface area contributed by atoms with Gasteiger partial charge in [0.1, 0.15) is 31.0 Å². The number of nitrogens with one attached hydrogen (secondary N) is 1. The lowest BCUT2D eigenvalue weighted by Gasteiger charge is -2.10. The van der Waals surface area contributed by atoms with Gasteiger partial charge in [-0.3, -0.25) is 4.79 Å². The Morgan fingerprint density at radius 1 is 1.47 bits per heavy atom. The van der Waals surface area contributed by atoms with Crippen LogP contribution in [0.15, 0.2) is 36.9 Å². The maximum absolute atomic E-state index is 11.8. The number of hydrogen-bond donors (Lipinski definition) is 1. The van der Waals surface area contributed by atoms with Crippen LogP contribution >= 0.6 is 0 Å². The summed E-state index contributed by atoms with van der Waals surface area (Å²) >= 11 is 0. The van der Waals surface area contributed by atoms with E-state index in [0.29, 0.717) is 11.4 Å². The maximum Gasteiger partial charge on any atom is 0.246 e. The van der Waals surface area contributed by atoms with E-state index in [1.807, 2.05) is 6.07 Å². The van der Waals surface area contributed by atoms with Crippen LogP contribution in [0.25, 0.3) is 0 Å². The molecular formula is C12H11N5O2. The summed E-state index contributed by atoms with van der Waals surface area (Å²) in [4.78, 5) is 15.5. The summed E-state index contributed by atoms with van der Waals surface area (Å²) in [6.07, 6.45) is 2.81. The van der Waals surface area contributed by atoms with Gasteiger partial charge >= 0.3 is 0 Å². The molecule has 1 aromatic carbocycles. The van der Waals surface area contributed by atoms with Crippen molar-refractivity contribution in [1.29, 1.82) is 5.26 Å². The van der Waals surface area contributed by atoms with Gasteiger partial charge in [0.25, 0.3) is 0 Å². The van der Waals surface area contributed by atoms with Gasteiger partial charge in [0.2, 0.25) is 5.91 Å². The van der Waals surface area contributed by atoms with Crippen molar-refractivity contribution in [2.24, 2.45) is 0 Å². The highest BCUT2D eigenvalue weighted by Crippen LogP contribution is 2.23. The van der Waals surface area contributed by atoms with Gasteiger partial charge in [0, 0.05) is 0 Å². The number of anilines is 1. The minimum absolute atomic E-state index is 0.0621. The Balaban J connectivity index is 2.02. The van der Waals surface area contributed by atoms with Gasteiger partial charge in [0.05, 0.1) is 5.69 Å². The van der Waals surface area contributed by atoms with Crippen LogP contribution in [0.5, 0.6) is 5.75 Å². The average Bonchev–Trinajstić information content (AvgIpc) is 2.90. The van der Waals surface area contributed by atoms with Crippen LogP contribution in [0.4, 0.5) is 5.69 Å². The lowest BCUT2D eigenvalue weighted by Crippen LogP contribution is -2.19. The predicted molar refractivity (Wildman–Crippen MR) is 66.2 cm³/mol. The van der Waals surface area contributed by atoms with Crippen molar-refractivity contribution in [1.82, 2.24) is 14.8 Å². The number of aromatic nitrogens is 3. The topological polar surface area (TPSA) is 92.8 Å². The number of nitrogens with zero attached hydrogens (tertiary/aromatic N) is 4. The summed E-state index contributed by atoms with van der Waals surface area (Å²) in [5.41, 5.74) is 0.517. The summed E-state index contributed by atoms with van der Waals surface area (Å²) in [6, 6.07) is 8.79. The first-order chi connectivity index (χ1) is 9.29. The molecule has 1 aromatic heterocycles. The zero-order valence-electron chi connectivity index (χ0n) is 9.98. The average molecular weight is 257 g/mol. The summed E-state index contributed by atoms with van der Waals surface area (Å²) < 4.78 is 6.62. The third-order valence-corrected chi connectivity index (χ3v) is 2.23. The fourth-order valence-corrected chi connectivity index (χ4v) is 1.46. The van der Waals surface area contributed by atoms with Crippen LogP contribution in [0, 0.1) is 11.3 Å². The van der Waals surface area contributed by atoms with E-state index >= 15 is 0 Å². The molecule has 0 saturated heterocycles. The number of carbonyl (C=O) groups excluding carboxylic acids is 1. The largest absolute Gasteiger partial charge is 0.477 e. The lowest BCUT2D eigenvalue weighted by molar-refractivity contribution is -0.116. The molecule has 0 aliphatic rings. The number of nitriles is 1. The molecule has 1 amide bonds. The molecule has 96 valence electrons. The molecule has 0 atom stereocenters. The maximum atomic E-state index is 11.8.